The van der Waals surface area contributed by atoms with Crippen LogP contribution < -0.4 is 5.73 Å². The Morgan fingerprint density at radius 1 is 0.824 bits per heavy atom. The molecular weight excluding hydrogens is 206 g/mol. The van der Waals surface area contributed by atoms with E-state index in [4.69, 9.17) is 5.73 Å². The maximum Gasteiger partial charge on any atom is -0.00746 e. The van der Waals surface area contributed by atoms with E-state index in [2.05, 4.69) is 6.92 Å². The van der Waals surface area contributed by atoms with Crippen molar-refractivity contribution in [3.63, 3.8) is 0 Å². The van der Waals surface area contributed by atoms with E-state index in [-0.39, 0.29) is 0 Å². The lowest BCUT2D eigenvalue weighted by molar-refractivity contribution is 0.327. The third-order valence-electron chi connectivity index (χ3n) is 4.37. The van der Waals surface area contributed by atoms with Gasteiger partial charge in [0.15, 0.2) is 0 Å². The lowest BCUT2D eigenvalue weighted by atomic mass is 9.86. The summed E-state index contributed by atoms with van der Waals surface area (Å²) in [4.78, 5) is 0. The smallest absolute Gasteiger partial charge is 0.00746 e. The van der Waals surface area contributed by atoms with Crippen LogP contribution in [0.1, 0.15) is 84.0 Å². The van der Waals surface area contributed by atoms with Crippen molar-refractivity contribution < 1.29 is 0 Å². The second-order valence-electron chi connectivity index (χ2n) is 6.19. The largest absolute Gasteiger partial charge is 0.330 e. The summed E-state index contributed by atoms with van der Waals surface area (Å²) in [5.41, 5.74) is 5.75. The van der Waals surface area contributed by atoms with Crippen LogP contribution in [0.4, 0.5) is 0 Å². The Hall–Kier alpha value is -0.0400. The van der Waals surface area contributed by atoms with Crippen molar-refractivity contribution >= 4 is 0 Å². The Balaban J connectivity index is 2.32. The van der Waals surface area contributed by atoms with Crippen LogP contribution in [-0.4, -0.2) is 6.54 Å². The molecule has 0 radical (unpaired) electrons. The molecule has 0 aliphatic heterocycles. The van der Waals surface area contributed by atoms with Crippen molar-refractivity contribution in [2.45, 2.75) is 84.0 Å². The van der Waals surface area contributed by atoms with E-state index in [0.717, 1.165) is 18.4 Å². The van der Waals surface area contributed by atoms with Gasteiger partial charge in [-0.2, -0.15) is 0 Å². The molecule has 1 fully saturated rings. The normalized spacial score (nSPS) is 30.0. The Labute approximate surface area is 109 Å². The summed E-state index contributed by atoms with van der Waals surface area (Å²) in [6, 6.07) is 0. The standard InChI is InChI=1S/C16H33N/c1-15-10-8-6-4-2-3-5-7-9-11-16(14-15)12-13-17/h15-16H,2-14,17H2,1H3. The third kappa shape index (κ3) is 7.81. The van der Waals surface area contributed by atoms with E-state index in [9.17, 15) is 0 Å². The number of hydrogen-bond acceptors (Lipinski definition) is 1. The first-order chi connectivity index (χ1) is 8.33. The molecule has 0 aromatic heterocycles. The van der Waals surface area contributed by atoms with Gasteiger partial charge in [-0.15, -0.1) is 0 Å². The van der Waals surface area contributed by atoms with Crippen LogP contribution in [0.15, 0.2) is 0 Å². The van der Waals surface area contributed by atoms with Gasteiger partial charge in [-0.3, -0.25) is 0 Å². The van der Waals surface area contributed by atoms with E-state index in [0.29, 0.717) is 0 Å². The number of hydrogen-bond donors (Lipinski definition) is 1. The molecule has 102 valence electrons. The van der Waals surface area contributed by atoms with Crippen LogP contribution in [0, 0.1) is 11.8 Å². The second kappa shape index (κ2) is 9.94. The van der Waals surface area contributed by atoms with E-state index in [1.165, 1.54) is 77.0 Å². The van der Waals surface area contributed by atoms with E-state index in [1.807, 2.05) is 0 Å². The molecule has 1 aliphatic rings. The van der Waals surface area contributed by atoms with Crippen molar-refractivity contribution in [1.29, 1.82) is 0 Å². The Bertz CT molecular complexity index is 167. The fourth-order valence-corrected chi connectivity index (χ4v) is 3.29. The highest BCUT2D eigenvalue weighted by Crippen LogP contribution is 2.26. The topological polar surface area (TPSA) is 26.0 Å². The average Bonchev–Trinajstić information content (AvgIpc) is 2.32. The highest BCUT2D eigenvalue weighted by molar-refractivity contribution is 4.66. The molecule has 17 heavy (non-hydrogen) atoms. The molecule has 1 saturated carbocycles. The highest BCUT2D eigenvalue weighted by atomic mass is 14.5. The summed E-state index contributed by atoms with van der Waals surface area (Å²) in [6.07, 6.45) is 17.3. The second-order valence-corrected chi connectivity index (χ2v) is 6.19. The molecule has 1 nitrogen and oxygen atoms in total. The molecule has 2 atom stereocenters. The van der Waals surface area contributed by atoms with Crippen LogP contribution in [0.5, 0.6) is 0 Å². The van der Waals surface area contributed by atoms with Crippen LogP contribution in [0.2, 0.25) is 0 Å². The van der Waals surface area contributed by atoms with Crippen molar-refractivity contribution in [3.8, 4) is 0 Å². The highest BCUT2D eigenvalue weighted by Gasteiger charge is 2.13. The molecule has 1 heteroatoms. The van der Waals surface area contributed by atoms with Gasteiger partial charge in [0.05, 0.1) is 0 Å². The van der Waals surface area contributed by atoms with Gasteiger partial charge in [0, 0.05) is 0 Å². The minimum absolute atomic E-state index is 0.886. The van der Waals surface area contributed by atoms with E-state index >= 15 is 0 Å². The summed E-state index contributed by atoms with van der Waals surface area (Å²) in [7, 11) is 0. The minimum atomic E-state index is 0.886. The third-order valence-corrected chi connectivity index (χ3v) is 4.37. The SMILES string of the molecule is CC1CCCCCCCCCCC(CCN)C1. The van der Waals surface area contributed by atoms with Gasteiger partial charge < -0.3 is 5.73 Å². The van der Waals surface area contributed by atoms with Gasteiger partial charge in [-0.25, -0.2) is 0 Å². The Kier molecular flexibility index (Phi) is 8.78. The van der Waals surface area contributed by atoms with Crippen molar-refractivity contribution in [2.24, 2.45) is 17.6 Å². The summed E-state index contributed by atoms with van der Waals surface area (Å²) in [6.45, 7) is 3.33. The zero-order valence-electron chi connectivity index (χ0n) is 11.9. The molecule has 0 aromatic carbocycles. The van der Waals surface area contributed by atoms with Crippen LogP contribution in [-0.2, 0) is 0 Å². The van der Waals surface area contributed by atoms with E-state index < -0.39 is 0 Å². The first kappa shape index (κ1) is 15.0. The molecule has 1 aliphatic carbocycles. The maximum absolute atomic E-state index is 5.75. The molecule has 0 aromatic rings. The monoisotopic (exact) mass is 239 g/mol. The van der Waals surface area contributed by atoms with Crippen molar-refractivity contribution in [3.05, 3.63) is 0 Å². The lowest BCUT2D eigenvalue weighted by Crippen LogP contribution is -2.12. The summed E-state index contributed by atoms with van der Waals surface area (Å²) in [5, 5.41) is 0. The van der Waals surface area contributed by atoms with Crippen LogP contribution >= 0.6 is 0 Å². The minimum Gasteiger partial charge on any atom is -0.330 e. The number of nitrogens with two attached hydrogens (primary N) is 1. The fourth-order valence-electron chi connectivity index (χ4n) is 3.29. The van der Waals surface area contributed by atoms with Crippen molar-refractivity contribution in [1.82, 2.24) is 0 Å². The molecule has 0 bridgehead atoms. The summed E-state index contributed by atoms with van der Waals surface area (Å²) < 4.78 is 0. The van der Waals surface area contributed by atoms with Crippen molar-refractivity contribution in [2.75, 3.05) is 6.54 Å². The van der Waals surface area contributed by atoms with Gasteiger partial charge in [-0.05, 0) is 31.2 Å². The first-order valence-electron chi connectivity index (χ1n) is 8.03. The van der Waals surface area contributed by atoms with Gasteiger partial charge in [-0.1, -0.05) is 71.1 Å². The zero-order valence-corrected chi connectivity index (χ0v) is 11.9. The molecule has 0 saturated heterocycles. The molecular formula is C16H33N. The molecule has 0 heterocycles. The zero-order chi connectivity index (χ0) is 12.3. The molecule has 2 unspecified atom stereocenters. The predicted octanol–water partition coefficient (Wildman–Crippen LogP) is 4.89. The van der Waals surface area contributed by atoms with Crippen LogP contribution in [0.3, 0.4) is 0 Å². The number of rotatable bonds is 2. The fraction of sp³-hybridized carbons (Fsp3) is 1.00. The maximum atomic E-state index is 5.75. The predicted molar refractivity (Wildman–Crippen MR) is 77.1 cm³/mol. The Morgan fingerprint density at radius 3 is 1.94 bits per heavy atom. The quantitative estimate of drug-likeness (QED) is 0.729. The lowest BCUT2D eigenvalue weighted by Gasteiger charge is -2.20. The average molecular weight is 239 g/mol. The van der Waals surface area contributed by atoms with Gasteiger partial charge in [0.25, 0.3) is 0 Å². The molecule has 1 rings (SSSR count). The molecule has 0 spiro atoms. The van der Waals surface area contributed by atoms with Gasteiger partial charge >= 0.3 is 0 Å². The molecule has 0 amide bonds. The van der Waals surface area contributed by atoms with E-state index in [1.54, 1.807) is 0 Å². The Morgan fingerprint density at radius 2 is 1.35 bits per heavy atom. The van der Waals surface area contributed by atoms with Crippen LogP contribution in [0.25, 0.3) is 0 Å². The summed E-state index contributed by atoms with van der Waals surface area (Å²) >= 11 is 0. The molecule has 2 N–H and O–H groups in total. The summed E-state index contributed by atoms with van der Waals surface area (Å²) in [5.74, 6) is 1.84. The van der Waals surface area contributed by atoms with Gasteiger partial charge in [0.1, 0.15) is 0 Å². The first-order valence-corrected chi connectivity index (χ1v) is 8.03. The van der Waals surface area contributed by atoms with Gasteiger partial charge in [0.2, 0.25) is 0 Å².